The first-order valence-electron chi connectivity index (χ1n) is 6.92. The smallest absolute Gasteiger partial charge is 0.201 e. The van der Waals surface area contributed by atoms with Gasteiger partial charge in [0.25, 0.3) is 0 Å². The normalized spacial score (nSPS) is 13.3. The standard InChI is InChI=1S/C15H22FN3/c1-10(2)5-4-6-11(3)19-14-8-7-12(16)9-13(14)18-15(19)17/h7-11H,4-6H2,1-3H3,(H2,17,18). The summed E-state index contributed by atoms with van der Waals surface area (Å²) in [5.74, 6) is 0.917. The molecule has 1 atom stereocenters. The van der Waals surface area contributed by atoms with Gasteiger partial charge in [0.15, 0.2) is 0 Å². The zero-order valence-corrected chi connectivity index (χ0v) is 11.9. The Labute approximate surface area is 113 Å². The summed E-state index contributed by atoms with van der Waals surface area (Å²) in [4.78, 5) is 4.24. The van der Waals surface area contributed by atoms with Gasteiger partial charge in [0.1, 0.15) is 5.82 Å². The molecule has 104 valence electrons. The molecule has 0 amide bonds. The number of aromatic nitrogens is 2. The maximum Gasteiger partial charge on any atom is 0.201 e. The van der Waals surface area contributed by atoms with Crippen molar-refractivity contribution in [1.82, 2.24) is 9.55 Å². The molecule has 2 N–H and O–H groups in total. The SMILES string of the molecule is CC(C)CCCC(C)n1c(N)nc2cc(F)ccc21. The molecule has 0 fully saturated rings. The van der Waals surface area contributed by atoms with Crippen LogP contribution < -0.4 is 5.73 Å². The van der Waals surface area contributed by atoms with Crippen LogP contribution in [-0.4, -0.2) is 9.55 Å². The van der Waals surface area contributed by atoms with Crippen LogP contribution in [0.4, 0.5) is 10.3 Å². The fourth-order valence-electron chi connectivity index (χ4n) is 2.50. The summed E-state index contributed by atoms with van der Waals surface area (Å²) in [6.07, 6.45) is 3.44. The molecule has 0 aliphatic heterocycles. The van der Waals surface area contributed by atoms with Gasteiger partial charge in [-0.15, -0.1) is 0 Å². The third-order valence-electron chi connectivity index (χ3n) is 3.52. The third kappa shape index (κ3) is 3.06. The molecule has 0 saturated carbocycles. The molecule has 4 heteroatoms. The van der Waals surface area contributed by atoms with Crippen LogP contribution in [0.5, 0.6) is 0 Å². The number of nitrogens with two attached hydrogens (primary N) is 1. The highest BCUT2D eigenvalue weighted by atomic mass is 19.1. The highest BCUT2D eigenvalue weighted by molar-refractivity contribution is 5.78. The molecule has 1 unspecified atom stereocenters. The van der Waals surface area contributed by atoms with E-state index in [1.165, 1.54) is 25.0 Å². The average Bonchev–Trinajstić information content (AvgIpc) is 2.63. The van der Waals surface area contributed by atoms with E-state index in [9.17, 15) is 4.39 Å². The first-order valence-corrected chi connectivity index (χ1v) is 6.92. The predicted molar refractivity (Wildman–Crippen MR) is 77.5 cm³/mol. The van der Waals surface area contributed by atoms with Crippen LogP contribution in [0.25, 0.3) is 11.0 Å². The number of rotatable bonds is 5. The highest BCUT2D eigenvalue weighted by Crippen LogP contribution is 2.26. The Bertz CT molecular complexity index is 560. The van der Waals surface area contributed by atoms with Crippen molar-refractivity contribution in [2.24, 2.45) is 5.92 Å². The van der Waals surface area contributed by atoms with Crippen LogP contribution in [0, 0.1) is 11.7 Å². The summed E-state index contributed by atoms with van der Waals surface area (Å²) in [5, 5.41) is 0. The van der Waals surface area contributed by atoms with E-state index in [1.54, 1.807) is 6.07 Å². The number of fused-ring (bicyclic) bond motifs is 1. The molecule has 3 nitrogen and oxygen atoms in total. The van der Waals surface area contributed by atoms with Gasteiger partial charge in [-0.25, -0.2) is 9.37 Å². The Morgan fingerprint density at radius 2 is 2.00 bits per heavy atom. The molecule has 1 aromatic carbocycles. The Hall–Kier alpha value is -1.58. The quantitative estimate of drug-likeness (QED) is 0.880. The minimum atomic E-state index is -0.274. The fraction of sp³-hybridized carbons (Fsp3) is 0.533. The van der Waals surface area contributed by atoms with Gasteiger partial charge in [-0.2, -0.15) is 0 Å². The summed E-state index contributed by atoms with van der Waals surface area (Å²) in [7, 11) is 0. The van der Waals surface area contributed by atoms with E-state index < -0.39 is 0 Å². The van der Waals surface area contributed by atoms with E-state index in [4.69, 9.17) is 5.73 Å². The maximum atomic E-state index is 13.2. The van der Waals surface area contributed by atoms with Gasteiger partial charge in [0, 0.05) is 12.1 Å². The largest absolute Gasteiger partial charge is 0.369 e. The van der Waals surface area contributed by atoms with Crippen LogP contribution >= 0.6 is 0 Å². The number of nitrogens with zero attached hydrogens (tertiary/aromatic N) is 2. The number of anilines is 1. The molecule has 0 bridgehead atoms. The molecule has 0 radical (unpaired) electrons. The average molecular weight is 263 g/mol. The number of halogens is 1. The van der Waals surface area contributed by atoms with Crippen molar-refractivity contribution in [2.75, 3.05) is 5.73 Å². The van der Waals surface area contributed by atoms with Crippen molar-refractivity contribution < 1.29 is 4.39 Å². The molecular formula is C15H22FN3. The Kier molecular flexibility index (Phi) is 4.08. The Balaban J connectivity index is 2.21. The predicted octanol–water partition coefficient (Wildman–Crippen LogP) is 4.14. The second-order valence-corrected chi connectivity index (χ2v) is 5.65. The summed E-state index contributed by atoms with van der Waals surface area (Å²) in [5.41, 5.74) is 7.51. The topological polar surface area (TPSA) is 43.8 Å². The minimum Gasteiger partial charge on any atom is -0.369 e. The van der Waals surface area contributed by atoms with Crippen LogP contribution in [0.2, 0.25) is 0 Å². The van der Waals surface area contributed by atoms with Crippen molar-refractivity contribution in [3.63, 3.8) is 0 Å². The first-order chi connectivity index (χ1) is 8.99. The monoisotopic (exact) mass is 263 g/mol. The van der Waals surface area contributed by atoms with Crippen LogP contribution in [0.1, 0.15) is 46.1 Å². The lowest BCUT2D eigenvalue weighted by Gasteiger charge is -2.16. The van der Waals surface area contributed by atoms with E-state index in [0.717, 1.165) is 17.9 Å². The summed E-state index contributed by atoms with van der Waals surface area (Å²) in [6, 6.07) is 4.94. The molecule has 2 aromatic rings. The Morgan fingerprint density at radius 3 is 2.68 bits per heavy atom. The van der Waals surface area contributed by atoms with Gasteiger partial charge < -0.3 is 10.3 Å². The lowest BCUT2D eigenvalue weighted by molar-refractivity contribution is 0.457. The lowest BCUT2D eigenvalue weighted by atomic mass is 10.0. The van der Waals surface area contributed by atoms with Gasteiger partial charge in [-0.05, 0) is 31.4 Å². The van der Waals surface area contributed by atoms with E-state index in [0.29, 0.717) is 11.5 Å². The van der Waals surface area contributed by atoms with Gasteiger partial charge in [0.05, 0.1) is 11.0 Å². The van der Waals surface area contributed by atoms with Crippen molar-refractivity contribution >= 4 is 17.0 Å². The number of hydrogen-bond donors (Lipinski definition) is 1. The van der Waals surface area contributed by atoms with Crippen LogP contribution in [0.15, 0.2) is 18.2 Å². The molecule has 19 heavy (non-hydrogen) atoms. The van der Waals surface area contributed by atoms with E-state index in [-0.39, 0.29) is 11.9 Å². The van der Waals surface area contributed by atoms with Gasteiger partial charge >= 0.3 is 0 Å². The van der Waals surface area contributed by atoms with Crippen molar-refractivity contribution in [3.05, 3.63) is 24.0 Å². The molecule has 0 aliphatic carbocycles. The zero-order valence-electron chi connectivity index (χ0n) is 11.9. The number of benzene rings is 1. The number of hydrogen-bond acceptors (Lipinski definition) is 2. The Morgan fingerprint density at radius 1 is 1.26 bits per heavy atom. The number of nitrogen functional groups attached to an aromatic ring is 1. The molecule has 0 aliphatic rings. The van der Waals surface area contributed by atoms with E-state index in [2.05, 4.69) is 25.8 Å². The molecule has 1 heterocycles. The van der Waals surface area contributed by atoms with E-state index >= 15 is 0 Å². The van der Waals surface area contributed by atoms with Crippen LogP contribution in [-0.2, 0) is 0 Å². The third-order valence-corrected chi connectivity index (χ3v) is 3.52. The zero-order chi connectivity index (χ0) is 14.0. The first kappa shape index (κ1) is 13.8. The fourth-order valence-corrected chi connectivity index (χ4v) is 2.50. The van der Waals surface area contributed by atoms with Crippen molar-refractivity contribution in [3.8, 4) is 0 Å². The molecule has 0 saturated heterocycles. The second kappa shape index (κ2) is 5.59. The van der Waals surface area contributed by atoms with Gasteiger partial charge in [0.2, 0.25) is 5.95 Å². The molecule has 1 aromatic heterocycles. The molecular weight excluding hydrogens is 241 g/mol. The van der Waals surface area contributed by atoms with Gasteiger partial charge in [-0.3, -0.25) is 0 Å². The minimum absolute atomic E-state index is 0.274. The highest BCUT2D eigenvalue weighted by Gasteiger charge is 2.14. The van der Waals surface area contributed by atoms with Crippen molar-refractivity contribution in [2.45, 2.75) is 46.1 Å². The summed E-state index contributed by atoms with van der Waals surface area (Å²) >= 11 is 0. The molecule has 0 spiro atoms. The van der Waals surface area contributed by atoms with Crippen molar-refractivity contribution in [1.29, 1.82) is 0 Å². The molecule has 2 rings (SSSR count). The van der Waals surface area contributed by atoms with E-state index in [1.807, 2.05) is 4.57 Å². The van der Waals surface area contributed by atoms with Crippen LogP contribution in [0.3, 0.4) is 0 Å². The summed E-state index contributed by atoms with van der Waals surface area (Å²) < 4.78 is 15.2. The summed E-state index contributed by atoms with van der Waals surface area (Å²) in [6.45, 7) is 6.60. The lowest BCUT2D eigenvalue weighted by Crippen LogP contribution is -2.09. The second-order valence-electron chi connectivity index (χ2n) is 5.65. The maximum absolute atomic E-state index is 13.2. The number of imidazole rings is 1. The van der Waals surface area contributed by atoms with Gasteiger partial charge in [-0.1, -0.05) is 26.7 Å².